The Bertz CT molecular complexity index is 539. The lowest BCUT2D eigenvalue weighted by molar-refractivity contribution is -0.137. The Morgan fingerprint density at radius 1 is 1.26 bits per heavy atom. The van der Waals surface area contributed by atoms with Crippen LogP contribution in [0.3, 0.4) is 0 Å². The third-order valence-electron chi connectivity index (χ3n) is 4.39. The molecular weight excluding hydrogens is 307 g/mol. The van der Waals surface area contributed by atoms with E-state index in [1.807, 2.05) is 25.7 Å². The third-order valence-corrected chi connectivity index (χ3v) is 4.39. The van der Waals surface area contributed by atoms with Gasteiger partial charge in [0, 0.05) is 19.1 Å². The SMILES string of the molecule is CC(C)(C)[C@H](O)CN1C[C@H](O)C[C@@H]1c1cccc(C(F)(F)F)c1. The lowest BCUT2D eigenvalue weighted by Gasteiger charge is -2.33. The number of aliphatic hydroxyl groups excluding tert-OH is 2. The quantitative estimate of drug-likeness (QED) is 0.894. The van der Waals surface area contributed by atoms with Gasteiger partial charge in [0.2, 0.25) is 0 Å². The average molecular weight is 331 g/mol. The van der Waals surface area contributed by atoms with Crippen molar-refractivity contribution in [3.05, 3.63) is 35.4 Å². The Hall–Kier alpha value is -1.11. The molecule has 1 aliphatic heterocycles. The predicted octanol–water partition coefficient (Wildman–Crippen LogP) is 3.22. The summed E-state index contributed by atoms with van der Waals surface area (Å²) in [7, 11) is 0. The Balaban J connectivity index is 2.23. The number of hydrogen-bond donors (Lipinski definition) is 2. The summed E-state index contributed by atoms with van der Waals surface area (Å²) in [5.41, 5.74) is -0.489. The van der Waals surface area contributed by atoms with Gasteiger partial charge in [-0.05, 0) is 29.5 Å². The van der Waals surface area contributed by atoms with Crippen molar-refractivity contribution in [2.45, 2.75) is 51.6 Å². The van der Waals surface area contributed by atoms with E-state index >= 15 is 0 Å². The third kappa shape index (κ3) is 4.46. The van der Waals surface area contributed by atoms with Gasteiger partial charge in [-0.1, -0.05) is 32.9 Å². The van der Waals surface area contributed by atoms with E-state index in [4.69, 9.17) is 0 Å². The second-order valence-electron chi connectivity index (χ2n) is 7.36. The van der Waals surface area contributed by atoms with Crippen LogP contribution >= 0.6 is 0 Å². The fraction of sp³-hybridized carbons (Fsp3) is 0.647. The van der Waals surface area contributed by atoms with Crippen LogP contribution in [0.15, 0.2) is 24.3 Å². The average Bonchev–Trinajstić information content (AvgIpc) is 2.78. The molecule has 6 heteroatoms. The number of aliphatic hydroxyl groups is 2. The molecule has 1 aromatic rings. The van der Waals surface area contributed by atoms with Crippen LogP contribution < -0.4 is 0 Å². The molecule has 1 heterocycles. The van der Waals surface area contributed by atoms with Crippen LogP contribution in [0, 0.1) is 5.41 Å². The highest BCUT2D eigenvalue weighted by atomic mass is 19.4. The molecule has 0 saturated carbocycles. The van der Waals surface area contributed by atoms with E-state index in [2.05, 4.69) is 0 Å². The minimum atomic E-state index is -4.39. The summed E-state index contributed by atoms with van der Waals surface area (Å²) in [6.07, 6.45) is -5.23. The molecule has 0 aromatic heterocycles. The number of benzene rings is 1. The first-order valence-electron chi connectivity index (χ1n) is 7.76. The van der Waals surface area contributed by atoms with E-state index in [1.165, 1.54) is 6.07 Å². The molecular formula is C17H24F3NO2. The van der Waals surface area contributed by atoms with Gasteiger partial charge in [-0.3, -0.25) is 4.90 Å². The zero-order chi connectivity index (χ0) is 17.4. The molecule has 2 rings (SSSR count). The molecule has 0 aliphatic carbocycles. The number of alkyl halides is 3. The number of rotatable bonds is 3. The van der Waals surface area contributed by atoms with Gasteiger partial charge in [-0.25, -0.2) is 0 Å². The van der Waals surface area contributed by atoms with Crippen LogP contribution in [-0.2, 0) is 6.18 Å². The predicted molar refractivity (Wildman–Crippen MR) is 81.8 cm³/mol. The zero-order valence-corrected chi connectivity index (χ0v) is 13.6. The molecule has 0 unspecified atom stereocenters. The van der Waals surface area contributed by atoms with E-state index in [0.29, 0.717) is 25.1 Å². The van der Waals surface area contributed by atoms with E-state index in [-0.39, 0.29) is 11.5 Å². The Morgan fingerprint density at radius 3 is 2.48 bits per heavy atom. The van der Waals surface area contributed by atoms with Crippen LogP contribution in [-0.4, -0.2) is 40.4 Å². The molecule has 0 spiro atoms. The topological polar surface area (TPSA) is 43.7 Å². The van der Waals surface area contributed by atoms with Gasteiger partial charge < -0.3 is 10.2 Å². The van der Waals surface area contributed by atoms with Crippen molar-refractivity contribution in [2.24, 2.45) is 5.41 Å². The smallest absolute Gasteiger partial charge is 0.392 e. The lowest BCUT2D eigenvalue weighted by Crippen LogP contribution is -2.39. The summed E-state index contributed by atoms with van der Waals surface area (Å²) in [4.78, 5) is 1.87. The van der Waals surface area contributed by atoms with Gasteiger partial charge in [0.15, 0.2) is 0 Å². The van der Waals surface area contributed by atoms with Crippen molar-refractivity contribution < 1.29 is 23.4 Å². The minimum absolute atomic E-state index is 0.315. The van der Waals surface area contributed by atoms with E-state index < -0.39 is 23.9 Å². The maximum atomic E-state index is 12.9. The van der Waals surface area contributed by atoms with E-state index in [0.717, 1.165) is 12.1 Å². The Kier molecular flexibility index (Phi) is 5.09. The number of likely N-dealkylation sites (tertiary alicyclic amines) is 1. The maximum Gasteiger partial charge on any atom is 0.416 e. The summed E-state index contributed by atoms with van der Waals surface area (Å²) in [6.45, 7) is 6.39. The molecule has 2 N–H and O–H groups in total. The summed E-state index contributed by atoms with van der Waals surface area (Å²) < 4.78 is 38.7. The van der Waals surface area contributed by atoms with Crippen LogP contribution in [0.5, 0.6) is 0 Å². The van der Waals surface area contributed by atoms with Crippen molar-refractivity contribution in [1.82, 2.24) is 4.90 Å². The normalized spacial score (nSPS) is 24.9. The van der Waals surface area contributed by atoms with Gasteiger partial charge in [0.05, 0.1) is 17.8 Å². The van der Waals surface area contributed by atoms with Crippen LogP contribution in [0.25, 0.3) is 0 Å². The molecule has 130 valence electrons. The van der Waals surface area contributed by atoms with Gasteiger partial charge in [-0.15, -0.1) is 0 Å². The maximum absolute atomic E-state index is 12.9. The van der Waals surface area contributed by atoms with Crippen molar-refractivity contribution >= 4 is 0 Å². The highest BCUT2D eigenvalue weighted by Gasteiger charge is 2.37. The Morgan fingerprint density at radius 2 is 1.91 bits per heavy atom. The van der Waals surface area contributed by atoms with Crippen molar-refractivity contribution in [2.75, 3.05) is 13.1 Å². The summed E-state index contributed by atoms with van der Waals surface area (Å²) in [6, 6.07) is 4.90. The number of β-amino-alcohol motifs (C(OH)–C–C–N with tert-alkyl or cyclic N) is 2. The van der Waals surface area contributed by atoms with Gasteiger partial charge >= 0.3 is 6.18 Å². The van der Waals surface area contributed by atoms with Gasteiger partial charge in [-0.2, -0.15) is 13.2 Å². The fourth-order valence-corrected chi connectivity index (χ4v) is 2.85. The molecule has 1 saturated heterocycles. The van der Waals surface area contributed by atoms with E-state index in [1.54, 1.807) is 6.07 Å². The molecule has 3 atom stereocenters. The highest BCUT2D eigenvalue weighted by molar-refractivity contribution is 5.29. The van der Waals surface area contributed by atoms with Crippen LogP contribution in [0.4, 0.5) is 13.2 Å². The number of hydrogen-bond acceptors (Lipinski definition) is 3. The van der Waals surface area contributed by atoms with Crippen molar-refractivity contribution in [1.29, 1.82) is 0 Å². The monoisotopic (exact) mass is 331 g/mol. The molecule has 23 heavy (non-hydrogen) atoms. The molecule has 0 radical (unpaired) electrons. The zero-order valence-electron chi connectivity index (χ0n) is 13.6. The van der Waals surface area contributed by atoms with Crippen molar-refractivity contribution in [3.63, 3.8) is 0 Å². The second-order valence-corrected chi connectivity index (χ2v) is 7.36. The van der Waals surface area contributed by atoms with Gasteiger partial charge in [0.1, 0.15) is 0 Å². The summed E-state index contributed by atoms with van der Waals surface area (Å²) in [5.74, 6) is 0. The summed E-state index contributed by atoms with van der Waals surface area (Å²) in [5, 5.41) is 20.2. The molecule has 3 nitrogen and oxygen atoms in total. The number of halogens is 3. The first kappa shape index (κ1) is 18.2. The lowest BCUT2D eigenvalue weighted by atomic mass is 9.88. The van der Waals surface area contributed by atoms with Crippen molar-refractivity contribution in [3.8, 4) is 0 Å². The summed E-state index contributed by atoms with van der Waals surface area (Å²) >= 11 is 0. The minimum Gasteiger partial charge on any atom is -0.392 e. The van der Waals surface area contributed by atoms with Crippen LogP contribution in [0.2, 0.25) is 0 Å². The number of nitrogens with zero attached hydrogens (tertiary/aromatic N) is 1. The molecule has 0 amide bonds. The van der Waals surface area contributed by atoms with Crippen LogP contribution in [0.1, 0.15) is 44.4 Å². The molecule has 0 bridgehead atoms. The first-order chi connectivity index (χ1) is 10.5. The fourth-order valence-electron chi connectivity index (χ4n) is 2.85. The molecule has 1 aliphatic rings. The standard InChI is InChI=1S/C17H24F3NO2/c1-16(2,3)15(23)10-21-9-13(22)8-14(21)11-5-4-6-12(7-11)17(18,19)20/h4-7,13-15,22-23H,8-10H2,1-3H3/t13-,14-,15-/m1/s1. The van der Waals surface area contributed by atoms with E-state index in [9.17, 15) is 23.4 Å². The molecule has 1 fully saturated rings. The van der Waals surface area contributed by atoms with Gasteiger partial charge in [0.25, 0.3) is 0 Å². The Labute approximate surface area is 134 Å². The molecule has 1 aromatic carbocycles. The largest absolute Gasteiger partial charge is 0.416 e. The highest BCUT2D eigenvalue weighted by Crippen LogP contribution is 2.37. The second kappa shape index (κ2) is 6.42. The first-order valence-corrected chi connectivity index (χ1v) is 7.76.